The third-order valence-electron chi connectivity index (χ3n) is 3.80. The fourth-order valence-corrected chi connectivity index (χ4v) is 2.47. The van der Waals surface area contributed by atoms with Crippen LogP contribution in [0.3, 0.4) is 0 Å². The largest absolute Gasteiger partial charge is 0.478 e. The average Bonchev–Trinajstić information content (AvgIpc) is 2.63. The highest BCUT2D eigenvalue weighted by Crippen LogP contribution is 2.31. The molecule has 0 bridgehead atoms. The third kappa shape index (κ3) is 3.42. The van der Waals surface area contributed by atoms with Crippen LogP contribution in [0.4, 0.5) is 33.3 Å². The second-order valence-corrected chi connectivity index (χ2v) is 5.79. The van der Waals surface area contributed by atoms with Gasteiger partial charge in [-0.3, -0.25) is 9.59 Å². The third-order valence-corrected chi connectivity index (χ3v) is 3.80. The summed E-state index contributed by atoms with van der Waals surface area (Å²) in [5.74, 6) is -12.7. The zero-order valence-electron chi connectivity index (χ0n) is 13.6. The van der Waals surface area contributed by atoms with Crippen LogP contribution in [0.25, 0.3) is 0 Å². The Morgan fingerprint density at radius 3 is 2.30 bits per heavy atom. The van der Waals surface area contributed by atoms with Gasteiger partial charge in [0.2, 0.25) is 11.7 Å². The molecule has 1 unspecified atom stereocenters. The molecule has 1 aliphatic heterocycles. The normalized spacial score (nSPS) is 15.6. The van der Waals surface area contributed by atoms with Crippen molar-refractivity contribution < 1.29 is 36.3 Å². The van der Waals surface area contributed by atoms with E-state index in [0.717, 1.165) is 5.56 Å². The van der Waals surface area contributed by atoms with Gasteiger partial charge in [0, 0.05) is 0 Å². The maximum Gasteiger partial charge on any atom is 0.266 e. The summed E-state index contributed by atoms with van der Waals surface area (Å²) in [6.07, 6.45) is -2.06. The molecule has 2 aromatic rings. The highest BCUT2D eigenvalue weighted by Gasteiger charge is 2.32. The number of nitrogens with one attached hydrogen (secondary N) is 2. The summed E-state index contributed by atoms with van der Waals surface area (Å²) in [7, 11) is 0. The van der Waals surface area contributed by atoms with Crippen molar-refractivity contribution in [1.29, 1.82) is 0 Å². The predicted molar refractivity (Wildman–Crippen MR) is 83.7 cm³/mol. The molecule has 10 heteroatoms. The SMILES string of the molecule is Cc1ccc2c(c1)NC(=O)C(CC(=O)Nc1c(F)c(F)c(F)c(F)c1F)O2. The molecular formula is C17H11F5N2O3. The molecule has 0 saturated carbocycles. The molecule has 0 saturated heterocycles. The number of carbonyl (C=O) groups is 2. The molecular weight excluding hydrogens is 375 g/mol. The summed E-state index contributed by atoms with van der Waals surface area (Å²) in [5, 5.41) is 4.10. The van der Waals surface area contributed by atoms with Gasteiger partial charge in [0.15, 0.2) is 29.4 Å². The maximum absolute atomic E-state index is 13.6. The first-order valence-corrected chi connectivity index (χ1v) is 7.58. The molecule has 2 amide bonds. The molecule has 5 nitrogen and oxygen atoms in total. The Morgan fingerprint density at radius 2 is 1.67 bits per heavy atom. The van der Waals surface area contributed by atoms with Crippen LogP contribution in [-0.4, -0.2) is 17.9 Å². The topological polar surface area (TPSA) is 67.4 Å². The van der Waals surface area contributed by atoms with Crippen molar-refractivity contribution in [3.8, 4) is 5.75 Å². The number of aryl methyl sites for hydroxylation is 1. The number of hydrogen-bond acceptors (Lipinski definition) is 3. The van der Waals surface area contributed by atoms with E-state index in [2.05, 4.69) is 5.32 Å². The van der Waals surface area contributed by atoms with Gasteiger partial charge in [-0.05, 0) is 24.6 Å². The van der Waals surface area contributed by atoms with Gasteiger partial charge in [-0.25, -0.2) is 22.0 Å². The second-order valence-electron chi connectivity index (χ2n) is 5.79. The van der Waals surface area contributed by atoms with Crippen LogP contribution in [0.15, 0.2) is 18.2 Å². The summed E-state index contributed by atoms with van der Waals surface area (Å²) < 4.78 is 71.9. The Morgan fingerprint density at radius 1 is 1.07 bits per heavy atom. The first kappa shape index (κ1) is 18.6. The molecule has 2 aromatic carbocycles. The van der Waals surface area contributed by atoms with Crippen molar-refractivity contribution in [2.45, 2.75) is 19.4 Å². The Balaban J connectivity index is 1.77. The number of benzene rings is 2. The van der Waals surface area contributed by atoms with Crippen LogP contribution >= 0.6 is 0 Å². The summed E-state index contributed by atoms with van der Waals surface area (Å²) in [4.78, 5) is 24.0. The van der Waals surface area contributed by atoms with Crippen LogP contribution in [0.5, 0.6) is 5.75 Å². The Labute approximate surface area is 149 Å². The molecule has 0 radical (unpaired) electrons. The minimum atomic E-state index is -2.34. The van der Waals surface area contributed by atoms with Gasteiger partial charge < -0.3 is 15.4 Å². The minimum absolute atomic E-state index is 0.272. The number of fused-ring (bicyclic) bond motifs is 1. The number of anilines is 2. The lowest BCUT2D eigenvalue weighted by molar-refractivity contribution is -0.128. The van der Waals surface area contributed by atoms with E-state index in [1.807, 2.05) is 0 Å². The molecule has 1 aliphatic rings. The van der Waals surface area contributed by atoms with E-state index in [1.54, 1.807) is 30.4 Å². The Kier molecular flexibility index (Phi) is 4.73. The molecule has 2 N–H and O–H groups in total. The number of ether oxygens (including phenoxy) is 1. The van der Waals surface area contributed by atoms with Crippen LogP contribution in [-0.2, 0) is 9.59 Å². The van der Waals surface area contributed by atoms with Crippen LogP contribution < -0.4 is 15.4 Å². The fraction of sp³-hybridized carbons (Fsp3) is 0.176. The predicted octanol–water partition coefficient (Wildman–Crippen LogP) is 3.42. The molecule has 27 heavy (non-hydrogen) atoms. The standard InChI is InChI=1S/C17H11F5N2O3/c1-6-2-3-8-7(4-6)23-17(26)9(27-8)5-10(25)24-16-14(21)12(19)11(18)13(20)15(16)22/h2-4,9H,5H2,1H3,(H,23,26)(H,24,25). The molecule has 3 rings (SSSR count). The van der Waals surface area contributed by atoms with Crippen LogP contribution in [0.2, 0.25) is 0 Å². The van der Waals surface area contributed by atoms with Crippen molar-refractivity contribution in [3.05, 3.63) is 52.8 Å². The van der Waals surface area contributed by atoms with Crippen LogP contribution in [0.1, 0.15) is 12.0 Å². The van der Waals surface area contributed by atoms with E-state index >= 15 is 0 Å². The van der Waals surface area contributed by atoms with Crippen molar-refractivity contribution >= 4 is 23.2 Å². The monoisotopic (exact) mass is 386 g/mol. The molecule has 1 atom stereocenters. The van der Waals surface area contributed by atoms with Gasteiger partial charge in [-0.2, -0.15) is 0 Å². The van der Waals surface area contributed by atoms with Gasteiger partial charge in [0.25, 0.3) is 5.91 Å². The van der Waals surface area contributed by atoms with Crippen molar-refractivity contribution in [2.24, 2.45) is 0 Å². The highest BCUT2D eigenvalue weighted by atomic mass is 19.2. The lowest BCUT2D eigenvalue weighted by Gasteiger charge is -2.25. The van der Waals surface area contributed by atoms with Crippen LogP contribution in [0, 0.1) is 36.0 Å². The van der Waals surface area contributed by atoms with Gasteiger partial charge in [-0.15, -0.1) is 0 Å². The Hall–Kier alpha value is -3.17. The quantitative estimate of drug-likeness (QED) is 0.483. The maximum atomic E-state index is 13.6. The van der Waals surface area contributed by atoms with E-state index in [9.17, 15) is 31.5 Å². The molecule has 142 valence electrons. The first-order chi connectivity index (χ1) is 12.7. The van der Waals surface area contributed by atoms with Crippen molar-refractivity contribution in [2.75, 3.05) is 10.6 Å². The number of halogens is 5. The second kappa shape index (κ2) is 6.86. The van der Waals surface area contributed by atoms with E-state index in [1.165, 1.54) is 0 Å². The molecule has 0 aliphatic carbocycles. The number of carbonyl (C=O) groups excluding carboxylic acids is 2. The Bertz CT molecular complexity index is 935. The van der Waals surface area contributed by atoms with Crippen molar-refractivity contribution in [1.82, 2.24) is 0 Å². The van der Waals surface area contributed by atoms with E-state index < -0.39 is 59.1 Å². The summed E-state index contributed by atoms with van der Waals surface area (Å²) in [6.45, 7) is 1.79. The summed E-state index contributed by atoms with van der Waals surface area (Å²) >= 11 is 0. The smallest absolute Gasteiger partial charge is 0.266 e. The summed E-state index contributed by atoms with van der Waals surface area (Å²) in [6, 6.07) is 4.89. The lowest BCUT2D eigenvalue weighted by Crippen LogP contribution is -2.39. The minimum Gasteiger partial charge on any atom is -0.478 e. The lowest BCUT2D eigenvalue weighted by atomic mass is 10.1. The van der Waals surface area contributed by atoms with Gasteiger partial charge in [0.05, 0.1) is 12.1 Å². The first-order valence-electron chi connectivity index (χ1n) is 7.58. The molecule has 0 fully saturated rings. The van der Waals surface area contributed by atoms with Crippen molar-refractivity contribution in [3.63, 3.8) is 0 Å². The zero-order valence-corrected chi connectivity index (χ0v) is 13.6. The number of hydrogen-bond donors (Lipinski definition) is 2. The molecule has 0 spiro atoms. The summed E-state index contributed by atoms with van der Waals surface area (Å²) in [5.41, 5.74) is -0.264. The highest BCUT2D eigenvalue weighted by molar-refractivity contribution is 6.02. The number of rotatable bonds is 3. The fourth-order valence-electron chi connectivity index (χ4n) is 2.47. The van der Waals surface area contributed by atoms with E-state index in [-0.39, 0.29) is 5.75 Å². The van der Waals surface area contributed by atoms with E-state index in [4.69, 9.17) is 4.74 Å². The molecule has 0 aromatic heterocycles. The van der Waals surface area contributed by atoms with E-state index in [0.29, 0.717) is 5.69 Å². The average molecular weight is 386 g/mol. The number of amides is 2. The zero-order chi connectivity index (χ0) is 19.9. The van der Waals surface area contributed by atoms with Gasteiger partial charge in [0.1, 0.15) is 11.4 Å². The van der Waals surface area contributed by atoms with Gasteiger partial charge in [-0.1, -0.05) is 6.07 Å². The van der Waals surface area contributed by atoms with Gasteiger partial charge >= 0.3 is 0 Å². The molecule has 1 heterocycles.